The molecule has 0 saturated carbocycles. The Morgan fingerprint density at radius 2 is 1.00 bits per heavy atom. The summed E-state index contributed by atoms with van der Waals surface area (Å²) in [5.74, 6) is -0.673. The van der Waals surface area contributed by atoms with Gasteiger partial charge in [-0.05, 0) is 56.2 Å². The van der Waals surface area contributed by atoms with Gasteiger partial charge in [-0.3, -0.25) is 9.59 Å². The highest BCUT2D eigenvalue weighted by Gasteiger charge is 2.15. The van der Waals surface area contributed by atoms with Crippen molar-refractivity contribution in [2.45, 2.75) is 72.2 Å². The van der Waals surface area contributed by atoms with Gasteiger partial charge in [-0.25, -0.2) is 14.4 Å². The van der Waals surface area contributed by atoms with Crippen molar-refractivity contribution in [1.29, 1.82) is 0 Å². The molecule has 0 aromatic heterocycles. The van der Waals surface area contributed by atoms with Crippen LogP contribution in [0.5, 0.6) is 17.2 Å². The minimum atomic E-state index is -1.03. The van der Waals surface area contributed by atoms with E-state index in [2.05, 4.69) is 0 Å². The van der Waals surface area contributed by atoms with Crippen LogP contribution in [-0.4, -0.2) is 73.6 Å². The van der Waals surface area contributed by atoms with Gasteiger partial charge in [-0.15, -0.1) is 0 Å². The first kappa shape index (κ1) is 38.1. The Morgan fingerprint density at radius 1 is 0.596 bits per heavy atom. The second-order valence-corrected chi connectivity index (χ2v) is 10.3. The van der Waals surface area contributed by atoms with E-state index in [-0.39, 0.29) is 56.3 Å². The zero-order valence-electron chi connectivity index (χ0n) is 26.9. The number of esters is 2. The zero-order chi connectivity index (χ0) is 34.8. The third kappa shape index (κ3) is 17.2. The normalized spacial score (nSPS) is 12.6. The van der Waals surface area contributed by atoms with E-state index in [1.807, 2.05) is 0 Å². The standard InChI is InChI=1S/C33H40O14/c1-21(34)12-15-40-31(37)45-28-10-8-26(9-11-28)6-7-27-18-29(46-32(38)41-16-13-22(2)43-24(4)35)20-30(19-27)47-33(39)42-17-14-23(3)44-25(5)36/h6-11,18-23,34H,12-17H2,1-5H3/b7-6+/t21-,22-,23-/m1/s1. The quantitative estimate of drug-likeness (QED) is 0.0979. The van der Waals surface area contributed by atoms with E-state index in [4.69, 9.17) is 37.9 Å². The Labute approximate surface area is 272 Å². The highest BCUT2D eigenvalue weighted by molar-refractivity contribution is 5.74. The van der Waals surface area contributed by atoms with E-state index < -0.39 is 48.7 Å². The highest BCUT2D eigenvalue weighted by atomic mass is 16.7. The molecule has 0 fully saturated rings. The van der Waals surface area contributed by atoms with Crippen LogP contribution in [0.15, 0.2) is 42.5 Å². The Bertz CT molecular complexity index is 1310. The summed E-state index contributed by atoms with van der Waals surface area (Å²) in [4.78, 5) is 58.5. The predicted molar refractivity (Wildman–Crippen MR) is 166 cm³/mol. The largest absolute Gasteiger partial charge is 0.513 e. The molecule has 0 spiro atoms. The van der Waals surface area contributed by atoms with E-state index in [1.165, 1.54) is 32.0 Å². The van der Waals surface area contributed by atoms with Crippen molar-refractivity contribution >= 4 is 42.6 Å². The number of rotatable bonds is 16. The number of aliphatic hydroxyl groups is 1. The summed E-state index contributed by atoms with van der Waals surface area (Å²) in [5.41, 5.74) is 1.17. The number of ether oxygens (including phenoxy) is 8. The van der Waals surface area contributed by atoms with Gasteiger partial charge in [0.05, 0.1) is 25.9 Å². The maximum Gasteiger partial charge on any atom is 0.513 e. The summed E-state index contributed by atoms with van der Waals surface area (Å²) in [6, 6.07) is 10.7. The van der Waals surface area contributed by atoms with Gasteiger partial charge in [0, 0.05) is 39.2 Å². The van der Waals surface area contributed by atoms with Crippen LogP contribution >= 0.6 is 0 Å². The fourth-order valence-corrected chi connectivity index (χ4v) is 3.64. The first-order valence-electron chi connectivity index (χ1n) is 14.8. The molecule has 0 heterocycles. The van der Waals surface area contributed by atoms with E-state index >= 15 is 0 Å². The molecule has 3 atom stereocenters. The number of hydrogen-bond donors (Lipinski definition) is 1. The van der Waals surface area contributed by atoms with Gasteiger partial charge >= 0.3 is 30.4 Å². The lowest BCUT2D eigenvalue weighted by Crippen LogP contribution is -2.18. The number of carbonyl (C=O) groups excluding carboxylic acids is 5. The smallest absolute Gasteiger partial charge is 0.463 e. The zero-order valence-corrected chi connectivity index (χ0v) is 26.9. The number of hydrogen-bond acceptors (Lipinski definition) is 14. The molecule has 0 aliphatic heterocycles. The number of aliphatic hydroxyl groups excluding tert-OH is 1. The first-order chi connectivity index (χ1) is 22.3. The van der Waals surface area contributed by atoms with Crippen LogP contribution in [0.1, 0.15) is 65.0 Å². The molecule has 0 bridgehead atoms. The molecular weight excluding hydrogens is 620 g/mol. The lowest BCUT2D eigenvalue weighted by Gasteiger charge is -2.13. The maximum atomic E-state index is 12.3. The fourth-order valence-electron chi connectivity index (χ4n) is 3.64. The van der Waals surface area contributed by atoms with Crippen LogP contribution < -0.4 is 14.2 Å². The maximum absolute atomic E-state index is 12.3. The Hall–Kier alpha value is -5.11. The molecule has 0 radical (unpaired) electrons. The van der Waals surface area contributed by atoms with Crippen LogP contribution in [-0.2, 0) is 33.3 Å². The van der Waals surface area contributed by atoms with E-state index in [9.17, 15) is 29.1 Å². The molecule has 2 aromatic carbocycles. The van der Waals surface area contributed by atoms with E-state index in [0.29, 0.717) is 11.1 Å². The summed E-state index contributed by atoms with van der Waals surface area (Å²) in [5, 5.41) is 9.25. The molecule has 2 aromatic rings. The summed E-state index contributed by atoms with van der Waals surface area (Å²) < 4.78 is 40.7. The third-order valence-electron chi connectivity index (χ3n) is 5.83. The molecule has 256 valence electrons. The van der Waals surface area contributed by atoms with Crippen LogP contribution in [0.2, 0.25) is 0 Å². The van der Waals surface area contributed by atoms with Gasteiger partial charge in [0.25, 0.3) is 0 Å². The molecule has 47 heavy (non-hydrogen) atoms. The van der Waals surface area contributed by atoms with Crippen molar-refractivity contribution in [1.82, 2.24) is 0 Å². The van der Waals surface area contributed by atoms with Crippen LogP contribution in [0.3, 0.4) is 0 Å². The molecule has 0 saturated heterocycles. The molecule has 2 rings (SSSR count). The molecule has 0 aliphatic rings. The van der Waals surface area contributed by atoms with Crippen LogP contribution in [0.4, 0.5) is 14.4 Å². The Balaban J connectivity index is 2.10. The molecule has 0 unspecified atom stereocenters. The van der Waals surface area contributed by atoms with Crippen molar-refractivity contribution in [3.8, 4) is 17.2 Å². The average molecular weight is 661 g/mol. The topological polar surface area (TPSA) is 179 Å². The predicted octanol–water partition coefficient (Wildman–Crippen LogP) is 5.86. The van der Waals surface area contributed by atoms with Gasteiger partial charge in [0.15, 0.2) is 0 Å². The second kappa shape index (κ2) is 20.1. The monoisotopic (exact) mass is 660 g/mol. The minimum Gasteiger partial charge on any atom is -0.463 e. The third-order valence-corrected chi connectivity index (χ3v) is 5.83. The van der Waals surface area contributed by atoms with Gasteiger partial charge < -0.3 is 43.0 Å². The fraction of sp³-hybridized carbons (Fsp3) is 0.424. The van der Waals surface area contributed by atoms with E-state index in [1.54, 1.807) is 57.2 Å². The molecule has 14 nitrogen and oxygen atoms in total. The summed E-state index contributed by atoms with van der Waals surface area (Å²) in [6.07, 6.45) is -0.350. The molecular formula is C33H40O14. The Morgan fingerprint density at radius 3 is 1.43 bits per heavy atom. The van der Waals surface area contributed by atoms with E-state index in [0.717, 1.165) is 0 Å². The average Bonchev–Trinajstić information content (AvgIpc) is 2.95. The summed E-state index contributed by atoms with van der Waals surface area (Å²) in [6.45, 7) is 7.31. The molecule has 0 aliphatic carbocycles. The lowest BCUT2D eigenvalue weighted by molar-refractivity contribution is -0.147. The minimum absolute atomic E-state index is 0.00526. The Kier molecular flexibility index (Phi) is 16.3. The van der Waals surface area contributed by atoms with Crippen LogP contribution in [0.25, 0.3) is 12.2 Å². The first-order valence-corrected chi connectivity index (χ1v) is 14.8. The summed E-state index contributed by atoms with van der Waals surface area (Å²) >= 11 is 0. The summed E-state index contributed by atoms with van der Waals surface area (Å²) in [7, 11) is 0. The second-order valence-electron chi connectivity index (χ2n) is 10.3. The van der Waals surface area contributed by atoms with Crippen LogP contribution in [0, 0.1) is 0 Å². The van der Waals surface area contributed by atoms with Crippen molar-refractivity contribution in [2.24, 2.45) is 0 Å². The molecule has 1 N–H and O–H groups in total. The van der Waals surface area contributed by atoms with Gasteiger partial charge in [-0.2, -0.15) is 0 Å². The van der Waals surface area contributed by atoms with Crippen molar-refractivity contribution in [3.63, 3.8) is 0 Å². The van der Waals surface area contributed by atoms with Gasteiger partial charge in [0.1, 0.15) is 29.5 Å². The van der Waals surface area contributed by atoms with Gasteiger partial charge in [0.2, 0.25) is 0 Å². The molecule has 14 heteroatoms. The van der Waals surface area contributed by atoms with Crippen molar-refractivity contribution in [2.75, 3.05) is 19.8 Å². The number of carbonyl (C=O) groups is 5. The lowest BCUT2D eigenvalue weighted by atomic mass is 10.1. The SMILES string of the molecule is CC(=O)O[C@H](C)CCOC(=O)Oc1cc(/C=C/c2ccc(OC(=O)OCC[C@@H](C)O)cc2)cc(OC(=O)OCC[C@@H](C)OC(C)=O)c1. The molecule has 0 amide bonds. The number of benzene rings is 2. The van der Waals surface area contributed by atoms with Gasteiger partial charge in [-0.1, -0.05) is 24.3 Å². The van der Waals surface area contributed by atoms with Crippen molar-refractivity contribution in [3.05, 3.63) is 53.6 Å². The highest BCUT2D eigenvalue weighted by Crippen LogP contribution is 2.26. The van der Waals surface area contributed by atoms with Crippen molar-refractivity contribution < 1.29 is 67.0 Å².